The smallest absolute Gasteiger partial charge is 0.211 e. The molecule has 7 nitrogen and oxygen atoms in total. The highest BCUT2D eigenvalue weighted by Gasteiger charge is 2.43. The average Bonchev–Trinajstić information content (AvgIpc) is 3.21. The zero-order valence-corrected chi connectivity index (χ0v) is 14.6. The van der Waals surface area contributed by atoms with Crippen molar-refractivity contribution in [1.82, 2.24) is 19.4 Å². The molecule has 2 saturated heterocycles. The second-order valence-corrected chi connectivity index (χ2v) is 8.54. The second kappa shape index (κ2) is 6.88. The van der Waals surface area contributed by atoms with Gasteiger partial charge in [-0.1, -0.05) is 0 Å². The summed E-state index contributed by atoms with van der Waals surface area (Å²) in [6.07, 6.45) is 4.24. The van der Waals surface area contributed by atoms with Gasteiger partial charge in [0, 0.05) is 56.3 Å². The minimum absolute atomic E-state index is 0.127. The maximum atomic E-state index is 11.6. The minimum Gasteiger partial charge on any atom is -0.376 e. The second-order valence-electron chi connectivity index (χ2n) is 6.45. The molecule has 0 amide bonds. The summed E-state index contributed by atoms with van der Waals surface area (Å²) in [5, 5.41) is 4.31. The van der Waals surface area contributed by atoms with Gasteiger partial charge in [0.15, 0.2) is 0 Å². The van der Waals surface area contributed by atoms with Crippen molar-refractivity contribution in [2.24, 2.45) is 11.8 Å². The lowest BCUT2D eigenvalue weighted by Gasteiger charge is -2.19. The third-order valence-corrected chi connectivity index (χ3v) is 6.24. The van der Waals surface area contributed by atoms with Crippen molar-refractivity contribution in [2.75, 3.05) is 32.0 Å². The van der Waals surface area contributed by atoms with Crippen LogP contribution in [0, 0.1) is 11.8 Å². The van der Waals surface area contributed by atoms with E-state index in [0.717, 1.165) is 26.2 Å². The van der Waals surface area contributed by atoms with Gasteiger partial charge >= 0.3 is 0 Å². The summed E-state index contributed by atoms with van der Waals surface area (Å²) in [5.74, 6) is 0.808. The number of aryl methyl sites for hydroxylation is 1. The molecule has 0 saturated carbocycles. The predicted octanol–water partition coefficient (Wildman–Crippen LogP) is 0.289. The number of fused-ring (bicyclic) bond motifs is 1. The van der Waals surface area contributed by atoms with Gasteiger partial charge in [0.25, 0.3) is 0 Å². The van der Waals surface area contributed by atoms with E-state index < -0.39 is 10.0 Å². The quantitative estimate of drug-likeness (QED) is 0.771. The zero-order chi connectivity index (χ0) is 16.4. The number of likely N-dealkylation sites (tertiary alicyclic amines) is 1. The Morgan fingerprint density at radius 2 is 2.22 bits per heavy atom. The van der Waals surface area contributed by atoms with E-state index >= 15 is 0 Å². The van der Waals surface area contributed by atoms with E-state index in [9.17, 15) is 8.42 Å². The molecular formula is C15H26N4O3S. The standard InChI is InChI=1S/C15H26N4O3S/c1-3-19-8-12(5-16-19)7-18-9-14-13(11-22-15(14)10-18)6-17-23(20,21)4-2/h5,8,13-15,17H,3-4,6-7,9-11H2,1-2H3/t13-,14+,15+/m0/s1. The molecule has 23 heavy (non-hydrogen) atoms. The topological polar surface area (TPSA) is 76.5 Å². The first-order valence-electron chi connectivity index (χ1n) is 8.33. The Bertz CT molecular complexity index is 630. The summed E-state index contributed by atoms with van der Waals surface area (Å²) in [4.78, 5) is 2.38. The maximum absolute atomic E-state index is 11.6. The van der Waals surface area contributed by atoms with Crippen LogP contribution in [0.25, 0.3) is 0 Å². The Labute approximate surface area is 138 Å². The van der Waals surface area contributed by atoms with E-state index in [1.165, 1.54) is 5.56 Å². The van der Waals surface area contributed by atoms with Gasteiger partial charge in [-0.15, -0.1) is 0 Å². The van der Waals surface area contributed by atoms with Gasteiger partial charge in [0.1, 0.15) is 0 Å². The lowest BCUT2D eigenvalue weighted by atomic mass is 9.93. The van der Waals surface area contributed by atoms with Crippen LogP contribution in [-0.4, -0.2) is 61.2 Å². The predicted molar refractivity (Wildman–Crippen MR) is 87.4 cm³/mol. The van der Waals surface area contributed by atoms with Crippen LogP contribution in [0.3, 0.4) is 0 Å². The molecule has 8 heteroatoms. The molecule has 1 aromatic heterocycles. The zero-order valence-electron chi connectivity index (χ0n) is 13.8. The minimum atomic E-state index is -3.13. The Kier molecular flexibility index (Phi) is 5.05. The number of hydrogen-bond donors (Lipinski definition) is 1. The fourth-order valence-electron chi connectivity index (χ4n) is 3.47. The summed E-state index contributed by atoms with van der Waals surface area (Å²) in [6, 6.07) is 0. The number of sulfonamides is 1. The van der Waals surface area contributed by atoms with Gasteiger partial charge in [-0.05, 0) is 13.8 Å². The van der Waals surface area contributed by atoms with Gasteiger partial charge in [0.05, 0.1) is 24.7 Å². The molecule has 0 bridgehead atoms. The van der Waals surface area contributed by atoms with Gasteiger partial charge in [-0.3, -0.25) is 9.58 Å². The number of aromatic nitrogens is 2. The highest BCUT2D eigenvalue weighted by Crippen LogP contribution is 2.34. The molecule has 0 unspecified atom stereocenters. The number of nitrogens with one attached hydrogen (secondary N) is 1. The third-order valence-electron chi connectivity index (χ3n) is 4.88. The van der Waals surface area contributed by atoms with Gasteiger partial charge in [-0.2, -0.15) is 5.10 Å². The Hall–Kier alpha value is -0.960. The molecule has 3 atom stereocenters. The van der Waals surface area contributed by atoms with Crippen LogP contribution < -0.4 is 4.72 Å². The molecule has 2 aliphatic rings. The molecule has 3 rings (SSSR count). The number of hydrogen-bond acceptors (Lipinski definition) is 5. The molecule has 2 aliphatic heterocycles. The monoisotopic (exact) mass is 342 g/mol. The lowest BCUT2D eigenvalue weighted by Crippen LogP contribution is -2.34. The largest absolute Gasteiger partial charge is 0.376 e. The van der Waals surface area contributed by atoms with Crippen molar-refractivity contribution in [2.45, 2.75) is 33.0 Å². The van der Waals surface area contributed by atoms with Crippen LogP contribution in [0.15, 0.2) is 12.4 Å². The first kappa shape index (κ1) is 16.9. The van der Waals surface area contributed by atoms with E-state index in [-0.39, 0.29) is 17.8 Å². The molecule has 130 valence electrons. The number of ether oxygens (including phenoxy) is 1. The van der Waals surface area contributed by atoms with Crippen molar-refractivity contribution in [3.8, 4) is 0 Å². The molecule has 2 fully saturated rings. The first-order valence-corrected chi connectivity index (χ1v) is 9.98. The molecule has 1 N–H and O–H groups in total. The molecule has 0 radical (unpaired) electrons. The maximum Gasteiger partial charge on any atom is 0.211 e. The van der Waals surface area contributed by atoms with E-state index in [2.05, 4.69) is 27.8 Å². The van der Waals surface area contributed by atoms with Crippen molar-refractivity contribution in [3.05, 3.63) is 18.0 Å². The average molecular weight is 342 g/mol. The van der Waals surface area contributed by atoms with Gasteiger partial charge in [-0.25, -0.2) is 13.1 Å². The van der Waals surface area contributed by atoms with Gasteiger partial charge < -0.3 is 4.74 Å². The molecule has 1 aromatic rings. The Morgan fingerprint density at radius 3 is 2.91 bits per heavy atom. The summed E-state index contributed by atoms with van der Waals surface area (Å²) in [7, 11) is -3.13. The van der Waals surface area contributed by atoms with Crippen LogP contribution in [0.4, 0.5) is 0 Å². The van der Waals surface area contributed by atoms with Crippen LogP contribution in [0.5, 0.6) is 0 Å². The van der Waals surface area contributed by atoms with E-state index in [0.29, 0.717) is 19.1 Å². The molecular weight excluding hydrogens is 316 g/mol. The molecule has 0 aliphatic carbocycles. The summed E-state index contributed by atoms with van der Waals surface area (Å²) in [6.45, 7) is 8.51. The molecule has 0 spiro atoms. The number of nitrogens with zero attached hydrogens (tertiary/aromatic N) is 3. The highest BCUT2D eigenvalue weighted by atomic mass is 32.2. The van der Waals surface area contributed by atoms with Crippen molar-refractivity contribution < 1.29 is 13.2 Å². The fraction of sp³-hybridized carbons (Fsp3) is 0.800. The summed E-state index contributed by atoms with van der Waals surface area (Å²) >= 11 is 0. The molecule has 3 heterocycles. The van der Waals surface area contributed by atoms with Crippen molar-refractivity contribution in [3.63, 3.8) is 0 Å². The Balaban J connectivity index is 1.53. The summed E-state index contributed by atoms with van der Waals surface area (Å²) in [5.41, 5.74) is 1.22. The van der Waals surface area contributed by atoms with Crippen LogP contribution in [-0.2, 0) is 27.8 Å². The van der Waals surface area contributed by atoms with Crippen LogP contribution in [0.1, 0.15) is 19.4 Å². The lowest BCUT2D eigenvalue weighted by molar-refractivity contribution is 0.0942. The van der Waals surface area contributed by atoms with E-state index in [1.54, 1.807) is 6.92 Å². The van der Waals surface area contributed by atoms with Crippen LogP contribution >= 0.6 is 0 Å². The van der Waals surface area contributed by atoms with Crippen molar-refractivity contribution in [1.29, 1.82) is 0 Å². The van der Waals surface area contributed by atoms with Gasteiger partial charge in [0.2, 0.25) is 10.0 Å². The summed E-state index contributed by atoms with van der Waals surface area (Å²) < 4.78 is 33.7. The van der Waals surface area contributed by atoms with E-state index in [1.807, 2.05) is 10.9 Å². The highest BCUT2D eigenvalue weighted by molar-refractivity contribution is 7.89. The van der Waals surface area contributed by atoms with Crippen LogP contribution in [0.2, 0.25) is 0 Å². The SMILES string of the molecule is CCn1cc(CN2C[C@@H]3[C@@H](CNS(=O)(=O)CC)CO[C@@H]3C2)cn1. The first-order chi connectivity index (χ1) is 11.0. The van der Waals surface area contributed by atoms with Crippen molar-refractivity contribution >= 4 is 10.0 Å². The Morgan fingerprint density at radius 1 is 1.39 bits per heavy atom. The fourth-order valence-corrected chi connectivity index (χ4v) is 4.15. The third kappa shape index (κ3) is 3.93. The van der Waals surface area contributed by atoms with E-state index in [4.69, 9.17) is 4.74 Å². The normalized spacial score (nSPS) is 28.3. The number of rotatable bonds is 7. The molecule has 0 aromatic carbocycles.